The molecule has 1 N–H and O–H groups in total. The molecule has 1 fully saturated rings. The molecule has 3 heterocycles. The fourth-order valence-electron chi connectivity index (χ4n) is 2.81. The summed E-state index contributed by atoms with van der Waals surface area (Å²) in [5.74, 6) is 0.375. The second kappa shape index (κ2) is 8.39. The summed E-state index contributed by atoms with van der Waals surface area (Å²) in [4.78, 5) is 21.6. The summed E-state index contributed by atoms with van der Waals surface area (Å²) in [7, 11) is -2.06. The second-order valence-electron chi connectivity index (χ2n) is 6.42. The Labute approximate surface area is 171 Å². The number of rotatable bonds is 6. The predicted molar refractivity (Wildman–Crippen MR) is 107 cm³/mol. The standard InChI is InChI=1S/C16H22BrN5O3S2/c1-12-19-15(11-20(12)2)27(24,25)18-9-16(23)22-7-5-21(6-8-22)10-13-3-4-14(17)26-13/h3-4,11,18H,5-10H2,1-2H3. The van der Waals surface area contributed by atoms with E-state index in [-0.39, 0.29) is 17.5 Å². The third kappa shape index (κ3) is 5.17. The van der Waals surface area contributed by atoms with Crippen molar-refractivity contribution in [1.29, 1.82) is 0 Å². The van der Waals surface area contributed by atoms with Crippen LogP contribution < -0.4 is 4.72 Å². The molecule has 3 rings (SSSR count). The number of nitrogens with one attached hydrogen (secondary N) is 1. The van der Waals surface area contributed by atoms with Crippen LogP contribution in [0.5, 0.6) is 0 Å². The normalized spacial score (nSPS) is 16.0. The van der Waals surface area contributed by atoms with Crippen molar-refractivity contribution in [1.82, 2.24) is 24.1 Å². The summed E-state index contributed by atoms with van der Waals surface area (Å²) in [6, 6.07) is 4.13. The third-order valence-corrected chi connectivity index (χ3v) is 7.39. The third-order valence-electron chi connectivity index (χ3n) is 4.51. The van der Waals surface area contributed by atoms with Crippen LogP contribution in [0.25, 0.3) is 0 Å². The lowest BCUT2D eigenvalue weighted by molar-refractivity contribution is -0.131. The first-order valence-electron chi connectivity index (χ1n) is 8.48. The van der Waals surface area contributed by atoms with Gasteiger partial charge in [0.2, 0.25) is 5.91 Å². The first-order valence-corrected chi connectivity index (χ1v) is 11.6. The number of aryl methyl sites for hydroxylation is 2. The highest BCUT2D eigenvalue weighted by Crippen LogP contribution is 2.23. The summed E-state index contributed by atoms with van der Waals surface area (Å²) >= 11 is 5.18. The van der Waals surface area contributed by atoms with Crippen molar-refractivity contribution in [3.63, 3.8) is 0 Å². The molecule has 11 heteroatoms. The van der Waals surface area contributed by atoms with Gasteiger partial charge in [-0.05, 0) is 35.0 Å². The van der Waals surface area contributed by atoms with Crippen molar-refractivity contribution in [2.45, 2.75) is 18.5 Å². The molecule has 0 radical (unpaired) electrons. The Kier molecular flexibility index (Phi) is 6.36. The minimum Gasteiger partial charge on any atom is -0.339 e. The highest BCUT2D eigenvalue weighted by molar-refractivity contribution is 9.11. The Bertz CT molecular complexity index is 897. The lowest BCUT2D eigenvalue weighted by Gasteiger charge is -2.34. The summed E-state index contributed by atoms with van der Waals surface area (Å²) in [5.41, 5.74) is 0. The van der Waals surface area contributed by atoms with Crippen molar-refractivity contribution in [2.24, 2.45) is 7.05 Å². The van der Waals surface area contributed by atoms with Gasteiger partial charge in [-0.25, -0.2) is 18.1 Å². The maximum atomic E-state index is 12.4. The van der Waals surface area contributed by atoms with Gasteiger partial charge < -0.3 is 9.47 Å². The first kappa shape index (κ1) is 20.5. The number of piperazine rings is 1. The average Bonchev–Trinajstić information content (AvgIpc) is 3.19. The van der Waals surface area contributed by atoms with E-state index in [1.165, 1.54) is 11.1 Å². The fourth-order valence-corrected chi connectivity index (χ4v) is 5.35. The molecule has 0 saturated carbocycles. The SMILES string of the molecule is Cc1nc(S(=O)(=O)NCC(=O)N2CCN(Cc3ccc(Br)s3)CC2)cn1C. The van der Waals surface area contributed by atoms with Gasteiger partial charge in [0, 0.05) is 50.8 Å². The second-order valence-corrected chi connectivity index (χ2v) is 10.7. The van der Waals surface area contributed by atoms with Crippen molar-refractivity contribution in [2.75, 3.05) is 32.7 Å². The fraction of sp³-hybridized carbons (Fsp3) is 0.500. The number of halogens is 1. The smallest absolute Gasteiger partial charge is 0.260 e. The Morgan fingerprint density at radius 1 is 1.30 bits per heavy atom. The Hall–Kier alpha value is -1.27. The van der Waals surface area contributed by atoms with E-state index in [0.717, 1.165) is 23.4 Å². The molecule has 2 aromatic rings. The van der Waals surface area contributed by atoms with Gasteiger partial charge in [0.05, 0.1) is 10.3 Å². The van der Waals surface area contributed by atoms with Gasteiger partial charge in [0.1, 0.15) is 5.82 Å². The van der Waals surface area contributed by atoms with Crippen molar-refractivity contribution in [3.8, 4) is 0 Å². The number of carbonyl (C=O) groups excluding carboxylic acids is 1. The maximum absolute atomic E-state index is 12.4. The van der Waals surface area contributed by atoms with E-state index in [4.69, 9.17) is 0 Å². The number of hydrogen-bond acceptors (Lipinski definition) is 6. The molecule has 1 saturated heterocycles. The lowest BCUT2D eigenvalue weighted by Crippen LogP contribution is -2.50. The molecule has 27 heavy (non-hydrogen) atoms. The van der Waals surface area contributed by atoms with Crippen molar-refractivity contribution >= 4 is 43.2 Å². The molecular weight excluding hydrogens is 454 g/mol. The number of hydrogen-bond donors (Lipinski definition) is 1. The molecule has 0 aliphatic carbocycles. The van der Waals surface area contributed by atoms with E-state index in [9.17, 15) is 13.2 Å². The van der Waals surface area contributed by atoms with Gasteiger partial charge in [0.15, 0.2) is 5.03 Å². The van der Waals surface area contributed by atoms with E-state index < -0.39 is 10.0 Å². The van der Waals surface area contributed by atoms with Crippen LogP contribution in [0.2, 0.25) is 0 Å². The van der Waals surface area contributed by atoms with E-state index in [0.29, 0.717) is 18.9 Å². The molecule has 0 spiro atoms. The molecule has 8 nitrogen and oxygen atoms in total. The first-order chi connectivity index (χ1) is 12.7. The molecule has 0 bridgehead atoms. The largest absolute Gasteiger partial charge is 0.339 e. The van der Waals surface area contributed by atoms with Gasteiger partial charge in [-0.1, -0.05) is 0 Å². The number of nitrogens with zero attached hydrogens (tertiary/aromatic N) is 4. The highest BCUT2D eigenvalue weighted by Gasteiger charge is 2.24. The molecule has 1 aliphatic rings. The van der Waals surface area contributed by atoms with Gasteiger partial charge >= 0.3 is 0 Å². The predicted octanol–water partition coefficient (Wildman–Crippen LogP) is 1.18. The van der Waals surface area contributed by atoms with Crippen LogP contribution in [0.3, 0.4) is 0 Å². The molecular formula is C16H22BrN5O3S2. The van der Waals surface area contributed by atoms with Crippen LogP contribution >= 0.6 is 27.3 Å². The van der Waals surface area contributed by atoms with Crippen LogP contribution in [-0.2, 0) is 28.4 Å². The molecule has 0 unspecified atom stereocenters. The molecule has 148 valence electrons. The van der Waals surface area contributed by atoms with Gasteiger partial charge in [-0.3, -0.25) is 9.69 Å². The van der Waals surface area contributed by atoms with Crippen LogP contribution in [-0.4, -0.2) is 66.4 Å². The zero-order valence-electron chi connectivity index (χ0n) is 15.2. The topological polar surface area (TPSA) is 87.5 Å². The van der Waals surface area contributed by atoms with Crippen LogP contribution in [0.4, 0.5) is 0 Å². The molecule has 1 amide bonds. The monoisotopic (exact) mass is 475 g/mol. The molecule has 0 atom stereocenters. The van der Waals surface area contributed by atoms with Crippen molar-refractivity contribution < 1.29 is 13.2 Å². The molecule has 0 aromatic carbocycles. The van der Waals surface area contributed by atoms with Crippen molar-refractivity contribution in [3.05, 3.63) is 32.8 Å². The van der Waals surface area contributed by atoms with Gasteiger partial charge in [0.25, 0.3) is 10.0 Å². The zero-order valence-corrected chi connectivity index (χ0v) is 18.4. The summed E-state index contributed by atoms with van der Waals surface area (Å²) in [6.45, 7) is 5.06. The number of aromatic nitrogens is 2. The summed E-state index contributed by atoms with van der Waals surface area (Å²) in [6.07, 6.45) is 1.43. The number of thiophene rings is 1. The lowest BCUT2D eigenvalue weighted by atomic mass is 10.3. The minimum absolute atomic E-state index is 0.0674. The summed E-state index contributed by atoms with van der Waals surface area (Å²) in [5, 5.41) is -0.0674. The average molecular weight is 476 g/mol. The van der Waals surface area contributed by atoms with E-state index in [1.807, 2.05) is 6.07 Å². The van der Waals surface area contributed by atoms with E-state index in [2.05, 4.69) is 36.6 Å². The van der Waals surface area contributed by atoms with Gasteiger partial charge in [-0.2, -0.15) is 0 Å². The van der Waals surface area contributed by atoms with Crippen LogP contribution in [0, 0.1) is 6.92 Å². The molecule has 1 aliphatic heterocycles. The number of sulfonamides is 1. The summed E-state index contributed by atoms with van der Waals surface area (Å²) < 4.78 is 29.6. The number of carbonyl (C=O) groups is 1. The highest BCUT2D eigenvalue weighted by atomic mass is 79.9. The number of amides is 1. The van der Waals surface area contributed by atoms with Gasteiger partial charge in [-0.15, -0.1) is 11.3 Å². The van der Waals surface area contributed by atoms with E-state index in [1.54, 1.807) is 34.8 Å². The zero-order chi connectivity index (χ0) is 19.6. The number of imidazole rings is 1. The van der Waals surface area contributed by atoms with Crippen LogP contribution in [0.1, 0.15) is 10.7 Å². The Morgan fingerprint density at radius 3 is 2.56 bits per heavy atom. The van der Waals surface area contributed by atoms with Crippen LogP contribution in [0.15, 0.2) is 27.1 Å². The minimum atomic E-state index is -3.79. The Morgan fingerprint density at radius 2 is 2.00 bits per heavy atom. The molecule has 2 aromatic heterocycles. The maximum Gasteiger partial charge on any atom is 0.260 e. The quantitative estimate of drug-likeness (QED) is 0.677. The Balaban J connectivity index is 1.48. The van der Waals surface area contributed by atoms with E-state index >= 15 is 0 Å².